The molecule has 0 bridgehead atoms. The molecule has 0 saturated carbocycles. The Balaban J connectivity index is 0.000000423. The van der Waals surface area contributed by atoms with E-state index >= 15 is 0 Å². The molecule has 0 aliphatic heterocycles. The highest BCUT2D eigenvalue weighted by Crippen LogP contribution is 2.29. The predicted octanol–water partition coefficient (Wildman–Crippen LogP) is 5.64. The van der Waals surface area contributed by atoms with Gasteiger partial charge in [-0.25, -0.2) is 0 Å². The van der Waals surface area contributed by atoms with Gasteiger partial charge in [0.2, 0.25) is 0 Å². The Labute approximate surface area is 137 Å². The van der Waals surface area contributed by atoms with Crippen molar-refractivity contribution in [3.63, 3.8) is 0 Å². The number of hydrogen-bond acceptors (Lipinski definition) is 2. The molecule has 0 fully saturated rings. The van der Waals surface area contributed by atoms with Crippen LogP contribution in [0.2, 0.25) is 0 Å². The van der Waals surface area contributed by atoms with Gasteiger partial charge in [0.1, 0.15) is 6.10 Å². The van der Waals surface area contributed by atoms with Gasteiger partial charge < -0.3 is 4.74 Å². The maximum absolute atomic E-state index is 12.1. The molecule has 1 aromatic rings. The fourth-order valence-electron chi connectivity index (χ4n) is 1.91. The van der Waals surface area contributed by atoms with Crippen LogP contribution in [0.25, 0.3) is 0 Å². The topological polar surface area (TPSA) is 26.3 Å². The van der Waals surface area contributed by atoms with Crippen molar-refractivity contribution in [3.05, 3.63) is 35.4 Å². The second-order valence-electron chi connectivity index (χ2n) is 5.59. The number of esters is 1. The van der Waals surface area contributed by atoms with Crippen molar-refractivity contribution < 1.29 is 22.7 Å². The molecule has 1 unspecified atom stereocenters. The van der Waals surface area contributed by atoms with Crippen molar-refractivity contribution in [2.45, 2.75) is 66.2 Å². The largest absolute Gasteiger partial charge is 0.462 e. The van der Waals surface area contributed by atoms with E-state index in [0.717, 1.165) is 12.5 Å². The second-order valence-corrected chi connectivity index (χ2v) is 5.59. The highest BCUT2D eigenvalue weighted by molar-refractivity contribution is 5.69. The highest BCUT2D eigenvalue weighted by atomic mass is 19.4. The molecule has 0 aromatic heterocycles. The van der Waals surface area contributed by atoms with Gasteiger partial charge in [-0.05, 0) is 30.4 Å². The molecule has 23 heavy (non-hydrogen) atoms. The number of ether oxygens (including phenoxy) is 1. The van der Waals surface area contributed by atoms with E-state index in [1.165, 1.54) is 12.1 Å². The molecule has 0 saturated heterocycles. The van der Waals surface area contributed by atoms with Gasteiger partial charge in [0.15, 0.2) is 0 Å². The summed E-state index contributed by atoms with van der Waals surface area (Å²) in [6.45, 7) is 9.81. The lowest BCUT2D eigenvalue weighted by Crippen LogP contribution is -2.22. The summed E-state index contributed by atoms with van der Waals surface area (Å²) in [4.78, 5) is 10.9. The van der Waals surface area contributed by atoms with Crippen LogP contribution in [0, 0.1) is 5.92 Å². The normalized spacial score (nSPS) is 12.4. The van der Waals surface area contributed by atoms with E-state index in [-0.39, 0.29) is 12.1 Å². The quantitative estimate of drug-likeness (QED) is 0.652. The summed E-state index contributed by atoms with van der Waals surface area (Å²) < 4.78 is 41.5. The third kappa shape index (κ3) is 8.62. The van der Waals surface area contributed by atoms with Crippen LogP contribution in [0.3, 0.4) is 0 Å². The first kappa shape index (κ1) is 21.5. The van der Waals surface area contributed by atoms with E-state index in [0.29, 0.717) is 24.3 Å². The minimum atomic E-state index is -4.22. The third-order valence-corrected chi connectivity index (χ3v) is 3.38. The van der Waals surface area contributed by atoms with Gasteiger partial charge in [0.25, 0.3) is 0 Å². The van der Waals surface area contributed by atoms with E-state index in [1.54, 1.807) is 6.07 Å². The minimum absolute atomic E-state index is 0.0921. The number of carbonyl (C=O) groups excluding carboxylic acids is 1. The van der Waals surface area contributed by atoms with E-state index in [1.807, 2.05) is 20.8 Å². The van der Waals surface area contributed by atoms with Crippen LogP contribution in [-0.4, -0.2) is 12.1 Å². The van der Waals surface area contributed by atoms with Crippen LogP contribution >= 0.6 is 0 Å². The van der Waals surface area contributed by atoms with Crippen molar-refractivity contribution in [1.29, 1.82) is 0 Å². The summed E-state index contributed by atoms with van der Waals surface area (Å²) >= 11 is 0. The number of hydrogen-bond donors (Lipinski definition) is 0. The first-order valence-corrected chi connectivity index (χ1v) is 8.01. The number of halogens is 3. The first-order chi connectivity index (χ1) is 10.6. The Hall–Kier alpha value is -1.52. The van der Waals surface area contributed by atoms with Gasteiger partial charge in [-0.3, -0.25) is 4.79 Å². The third-order valence-electron chi connectivity index (χ3n) is 3.38. The summed E-state index contributed by atoms with van der Waals surface area (Å²) in [5, 5.41) is 0. The molecule has 5 heteroatoms. The van der Waals surface area contributed by atoms with Crippen LogP contribution in [0.4, 0.5) is 13.2 Å². The van der Waals surface area contributed by atoms with Crippen molar-refractivity contribution in [3.8, 4) is 0 Å². The van der Waals surface area contributed by atoms with Gasteiger partial charge in [0, 0.05) is 6.42 Å². The van der Waals surface area contributed by atoms with E-state index < -0.39 is 11.7 Å². The average molecular weight is 332 g/mol. The monoisotopic (exact) mass is 332 g/mol. The number of rotatable bonds is 5. The lowest BCUT2D eigenvalue weighted by molar-refractivity contribution is -0.151. The highest BCUT2D eigenvalue weighted by Gasteiger charge is 2.30. The average Bonchev–Trinajstić information content (AvgIpc) is 2.51. The number of aryl methyl sites for hydroxylation is 1. The molecule has 1 rings (SSSR count). The molecule has 132 valence electrons. The molecule has 2 nitrogen and oxygen atoms in total. The van der Waals surface area contributed by atoms with E-state index in [9.17, 15) is 18.0 Å². The molecule has 1 atom stereocenters. The number of alkyl halides is 3. The first-order valence-electron chi connectivity index (χ1n) is 8.01. The Morgan fingerprint density at radius 1 is 1.17 bits per heavy atom. The van der Waals surface area contributed by atoms with E-state index in [4.69, 9.17) is 4.74 Å². The molecular weight excluding hydrogens is 305 g/mol. The summed E-state index contributed by atoms with van der Waals surface area (Å²) in [5.74, 6) is 0.334. The van der Waals surface area contributed by atoms with Gasteiger partial charge >= 0.3 is 12.1 Å². The molecule has 0 radical (unpaired) electrons. The fraction of sp³-hybridized carbons (Fsp3) is 0.611. The predicted molar refractivity (Wildman–Crippen MR) is 86.1 cm³/mol. The van der Waals surface area contributed by atoms with Crippen molar-refractivity contribution >= 4 is 5.97 Å². The maximum atomic E-state index is 12.1. The fourth-order valence-corrected chi connectivity index (χ4v) is 1.91. The summed E-state index contributed by atoms with van der Waals surface area (Å²) in [5.41, 5.74) is 0.145. The SMILES string of the molecule is CCC(=O)OC(CC)C(C)C.CCc1cccc(C(F)(F)F)c1. The van der Waals surface area contributed by atoms with Crippen molar-refractivity contribution in [2.75, 3.05) is 0 Å². The van der Waals surface area contributed by atoms with Crippen molar-refractivity contribution in [2.24, 2.45) is 5.92 Å². The van der Waals surface area contributed by atoms with Crippen LogP contribution in [0.15, 0.2) is 24.3 Å². The second kappa shape index (κ2) is 10.3. The Bertz CT molecular complexity index is 468. The molecule has 0 heterocycles. The van der Waals surface area contributed by atoms with E-state index in [2.05, 4.69) is 13.8 Å². The molecule has 0 spiro atoms. The zero-order chi connectivity index (χ0) is 18.0. The summed E-state index contributed by atoms with van der Waals surface area (Å²) in [7, 11) is 0. The molecule has 0 aliphatic carbocycles. The minimum Gasteiger partial charge on any atom is -0.462 e. The number of carbonyl (C=O) groups is 1. The van der Waals surface area contributed by atoms with Crippen LogP contribution in [0.1, 0.15) is 58.6 Å². The van der Waals surface area contributed by atoms with Crippen molar-refractivity contribution in [1.82, 2.24) is 0 Å². The molecular formula is C18H27F3O2. The maximum Gasteiger partial charge on any atom is 0.416 e. The van der Waals surface area contributed by atoms with Gasteiger partial charge in [-0.2, -0.15) is 13.2 Å². The molecule has 1 aromatic carbocycles. The lowest BCUT2D eigenvalue weighted by atomic mass is 10.1. The van der Waals surface area contributed by atoms with Crippen LogP contribution in [-0.2, 0) is 22.1 Å². The number of benzene rings is 1. The lowest BCUT2D eigenvalue weighted by Gasteiger charge is -2.18. The van der Waals surface area contributed by atoms with Gasteiger partial charge in [-0.1, -0.05) is 52.8 Å². The van der Waals surface area contributed by atoms with Gasteiger partial charge in [-0.15, -0.1) is 0 Å². The standard InChI is InChI=1S/C9H9F3.C9H18O2/c1-2-7-4-3-5-8(6-7)9(10,11)12;1-5-8(7(3)4)11-9(10)6-2/h3-6H,2H2,1H3;7-8H,5-6H2,1-4H3. The molecule has 0 N–H and O–H groups in total. The van der Waals surface area contributed by atoms with Crippen LogP contribution in [0.5, 0.6) is 0 Å². The molecule has 0 amide bonds. The van der Waals surface area contributed by atoms with Gasteiger partial charge in [0.05, 0.1) is 5.56 Å². The summed E-state index contributed by atoms with van der Waals surface area (Å²) in [6, 6.07) is 5.38. The molecule has 0 aliphatic rings. The zero-order valence-electron chi connectivity index (χ0n) is 14.5. The Morgan fingerprint density at radius 2 is 1.78 bits per heavy atom. The van der Waals surface area contributed by atoms with Crippen LogP contribution < -0.4 is 0 Å². The summed E-state index contributed by atoms with van der Waals surface area (Å²) in [6.07, 6.45) is -2.11. The Kier molecular flexibility index (Phi) is 9.61. The zero-order valence-corrected chi connectivity index (χ0v) is 14.5. The smallest absolute Gasteiger partial charge is 0.416 e. The Morgan fingerprint density at radius 3 is 2.17 bits per heavy atom.